The molecule has 3 amide bonds. The van der Waals surface area contributed by atoms with Crippen LogP contribution in [-0.4, -0.2) is 202 Å². The Morgan fingerprint density at radius 1 is 0.649 bits per heavy atom. The van der Waals surface area contributed by atoms with Gasteiger partial charge in [-0.3, -0.25) is 53.2 Å². The van der Waals surface area contributed by atoms with E-state index in [9.17, 15) is 58.9 Å². The van der Waals surface area contributed by atoms with Crippen LogP contribution in [-0.2, 0) is 33.6 Å². The summed E-state index contributed by atoms with van der Waals surface area (Å²) in [6, 6.07) is -0.866. The highest BCUT2D eigenvalue weighted by atomic mass is 16.4. The molecule has 324 valence electrons. The molecule has 19 nitrogen and oxygen atoms in total. The fourth-order valence-electron chi connectivity index (χ4n) is 7.23. The van der Waals surface area contributed by atoms with E-state index in [1.807, 2.05) is 18.7 Å². The van der Waals surface area contributed by atoms with Crippen LogP contribution in [0.2, 0.25) is 0 Å². The first-order valence-electron chi connectivity index (χ1n) is 20.3. The van der Waals surface area contributed by atoms with Gasteiger partial charge in [-0.2, -0.15) is 0 Å². The van der Waals surface area contributed by atoms with Gasteiger partial charge in [0.05, 0.1) is 32.1 Å². The number of carboxylic acid groups (broad SMARTS) is 3. The minimum atomic E-state index is -1.65. The number of nitrogens with one attached hydrogen (secondary N) is 2. The minimum absolute atomic E-state index is 0.0304. The zero-order chi connectivity index (χ0) is 42.5. The van der Waals surface area contributed by atoms with Crippen LogP contribution in [0.15, 0.2) is 0 Å². The molecule has 7 N–H and O–H groups in total. The van der Waals surface area contributed by atoms with Gasteiger partial charge in [0.15, 0.2) is 0 Å². The van der Waals surface area contributed by atoms with Crippen LogP contribution in [0, 0.1) is 11.8 Å². The number of carboxylic acids is 3. The summed E-state index contributed by atoms with van der Waals surface area (Å²) in [5.41, 5.74) is 0. The van der Waals surface area contributed by atoms with Crippen molar-refractivity contribution in [3.8, 4) is 0 Å². The maximum absolute atomic E-state index is 13.1. The third-order valence-electron chi connectivity index (χ3n) is 10.6. The van der Waals surface area contributed by atoms with Crippen molar-refractivity contribution >= 4 is 48.5 Å². The Morgan fingerprint density at radius 3 is 1.56 bits per heavy atom. The van der Waals surface area contributed by atoms with Crippen LogP contribution in [0.5, 0.6) is 0 Å². The molecule has 2 aliphatic heterocycles. The Balaban J connectivity index is 1.75. The maximum atomic E-state index is 13.1. The van der Waals surface area contributed by atoms with Gasteiger partial charge < -0.3 is 40.9 Å². The lowest BCUT2D eigenvalue weighted by atomic mass is 9.78. The van der Waals surface area contributed by atoms with E-state index >= 15 is 0 Å². The number of amides is 3. The van der Waals surface area contributed by atoms with Gasteiger partial charge in [-0.1, -0.05) is 33.1 Å². The number of unbranched alkanes of at least 4 members (excludes halogenated alkanes) is 4. The number of likely N-dealkylation sites (tertiary alicyclic amines) is 1. The van der Waals surface area contributed by atoms with Crippen molar-refractivity contribution in [3.05, 3.63) is 0 Å². The molecule has 2 fully saturated rings. The molecular formula is C37H66BN7O12. The summed E-state index contributed by atoms with van der Waals surface area (Å²) in [7, 11) is -1.65. The summed E-state index contributed by atoms with van der Waals surface area (Å²) in [6.07, 6.45) is 5.40. The smallest absolute Gasteiger partial charge is 0.475 e. The van der Waals surface area contributed by atoms with Crippen LogP contribution < -0.4 is 10.6 Å². The number of nitrogens with zero attached hydrogens (tertiary/aromatic N) is 5. The molecule has 0 aliphatic carbocycles. The van der Waals surface area contributed by atoms with E-state index < -0.39 is 42.9 Å². The number of Topliss-reactive ketones (excluding diaryl/α,β-unsaturated/α-hetero) is 1. The van der Waals surface area contributed by atoms with Gasteiger partial charge in [0.1, 0.15) is 11.8 Å². The molecule has 0 aromatic carbocycles. The monoisotopic (exact) mass is 811 g/mol. The van der Waals surface area contributed by atoms with Gasteiger partial charge >= 0.3 is 25.0 Å². The predicted molar refractivity (Wildman–Crippen MR) is 210 cm³/mol. The first-order chi connectivity index (χ1) is 27.0. The molecule has 2 rings (SSSR count). The van der Waals surface area contributed by atoms with E-state index in [2.05, 4.69) is 10.6 Å². The Morgan fingerprint density at radius 2 is 1.11 bits per heavy atom. The second-order valence-electron chi connectivity index (χ2n) is 15.6. The van der Waals surface area contributed by atoms with Crippen LogP contribution in [0.25, 0.3) is 0 Å². The fraction of sp³-hybridized carbons (Fsp3) is 0.811. The van der Waals surface area contributed by atoms with Crippen molar-refractivity contribution in [3.63, 3.8) is 0 Å². The number of carbonyl (C=O) groups excluding carboxylic acids is 4. The molecule has 0 radical (unpaired) electrons. The van der Waals surface area contributed by atoms with Crippen molar-refractivity contribution < 1.29 is 58.9 Å². The number of hydrogen-bond donors (Lipinski definition) is 7. The third kappa shape index (κ3) is 20.0. The highest BCUT2D eigenvalue weighted by Gasteiger charge is 2.39. The molecule has 0 unspecified atom stereocenters. The van der Waals surface area contributed by atoms with Gasteiger partial charge in [0, 0.05) is 84.2 Å². The second-order valence-corrected chi connectivity index (χ2v) is 15.6. The third-order valence-corrected chi connectivity index (χ3v) is 10.6. The van der Waals surface area contributed by atoms with Crippen LogP contribution in [0.1, 0.15) is 78.6 Å². The Kier molecular flexibility index (Phi) is 22.9. The molecule has 0 bridgehead atoms. The largest absolute Gasteiger partial charge is 0.480 e. The number of ketones is 1. The fourth-order valence-corrected chi connectivity index (χ4v) is 7.23. The number of rotatable bonds is 23. The molecule has 0 aromatic rings. The van der Waals surface area contributed by atoms with Crippen LogP contribution in [0.3, 0.4) is 0 Å². The van der Waals surface area contributed by atoms with E-state index in [0.717, 1.165) is 25.7 Å². The van der Waals surface area contributed by atoms with Gasteiger partial charge in [0.2, 0.25) is 17.7 Å². The molecule has 0 saturated carbocycles. The molecule has 20 heteroatoms. The number of carbonyl (C=O) groups is 7. The predicted octanol–water partition coefficient (Wildman–Crippen LogP) is -1.34. The van der Waals surface area contributed by atoms with Crippen LogP contribution in [0.4, 0.5) is 0 Å². The normalized spacial score (nSPS) is 19.3. The van der Waals surface area contributed by atoms with Gasteiger partial charge in [-0.05, 0) is 38.5 Å². The van der Waals surface area contributed by atoms with Crippen molar-refractivity contribution in [2.24, 2.45) is 11.8 Å². The maximum Gasteiger partial charge on any atom is 0.475 e. The average Bonchev–Trinajstić information content (AvgIpc) is 3.62. The van der Waals surface area contributed by atoms with Crippen molar-refractivity contribution in [1.82, 2.24) is 35.1 Å². The topological polar surface area (TPSA) is 261 Å². The second kappa shape index (κ2) is 26.3. The van der Waals surface area contributed by atoms with E-state index in [1.165, 1.54) is 4.90 Å². The SMILES string of the molecule is CC(C)[C@H](CC(=O)CCCCCCCNC(=O)CN1CCN(CC(=O)O)CCN(CC(=O)O)CCN(CC(=O)O)CC1)C(=O)N[C@H](C)C(=O)N1CCC[C@H]1B(O)O. The minimum Gasteiger partial charge on any atom is -0.480 e. The van der Waals surface area contributed by atoms with Crippen LogP contribution >= 0.6 is 0 Å². The molecule has 0 aromatic heterocycles. The molecule has 0 spiro atoms. The summed E-state index contributed by atoms with van der Waals surface area (Å²) in [6.45, 7) is 7.97. The van der Waals surface area contributed by atoms with Gasteiger partial charge in [0.25, 0.3) is 0 Å². The van der Waals surface area contributed by atoms with E-state index in [1.54, 1.807) is 21.6 Å². The van der Waals surface area contributed by atoms with Gasteiger partial charge in [-0.25, -0.2) is 0 Å². The first-order valence-corrected chi connectivity index (χ1v) is 20.3. The van der Waals surface area contributed by atoms with E-state index in [4.69, 9.17) is 0 Å². The Hall–Kier alpha value is -3.69. The zero-order valence-corrected chi connectivity index (χ0v) is 34.0. The molecule has 2 heterocycles. The number of hydrogen-bond acceptors (Lipinski definition) is 13. The summed E-state index contributed by atoms with van der Waals surface area (Å²) < 4.78 is 0. The van der Waals surface area contributed by atoms with E-state index in [0.29, 0.717) is 91.1 Å². The summed E-state index contributed by atoms with van der Waals surface area (Å²) in [5, 5.41) is 53.0. The highest BCUT2D eigenvalue weighted by Crippen LogP contribution is 2.21. The zero-order valence-electron chi connectivity index (χ0n) is 34.0. The van der Waals surface area contributed by atoms with E-state index in [-0.39, 0.29) is 62.0 Å². The average molecular weight is 812 g/mol. The lowest BCUT2D eigenvalue weighted by Crippen LogP contribution is -2.53. The van der Waals surface area contributed by atoms with Gasteiger partial charge in [-0.15, -0.1) is 0 Å². The van der Waals surface area contributed by atoms with Crippen molar-refractivity contribution in [2.45, 2.75) is 90.5 Å². The molecule has 2 saturated heterocycles. The Bertz CT molecular complexity index is 1290. The lowest BCUT2D eigenvalue weighted by molar-refractivity contribution is -0.140. The standard InChI is InChI=1S/C37H66BN7O12/c1-27(2)30(36(54)40-28(3)37(55)45-13-9-11-31(45)38(56)57)22-29(46)10-7-5-4-6-8-12-39-32(47)23-41-14-16-42(24-33(48)49)18-20-44(26-35(52)53)21-19-43(17-15-41)25-34(50)51/h27-28,30-31,56-57H,4-26H2,1-3H3,(H,39,47)(H,40,54)(H,48,49)(H,50,51)(H,52,53)/t28-,30+,31+/m1/s1. The first kappa shape index (κ1) is 49.5. The van der Waals surface area contributed by atoms with Crippen molar-refractivity contribution in [1.29, 1.82) is 0 Å². The molecule has 3 atom stereocenters. The highest BCUT2D eigenvalue weighted by molar-refractivity contribution is 6.43. The quantitative estimate of drug-likeness (QED) is 0.0465. The Labute approximate surface area is 336 Å². The number of aliphatic carboxylic acids is 3. The molecule has 2 aliphatic rings. The summed E-state index contributed by atoms with van der Waals surface area (Å²) in [4.78, 5) is 94.5. The molecular weight excluding hydrogens is 745 g/mol. The summed E-state index contributed by atoms with van der Waals surface area (Å²) in [5.74, 6) is -5.49. The summed E-state index contributed by atoms with van der Waals surface area (Å²) >= 11 is 0. The lowest BCUT2D eigenvalue weighted by Gasteiger charge is -2.32. The van der Waals surface area contributed by atoms with Crippen molar-refractivity contribution in [2.75, 3.05) is 91.6 Å². The molecule has 57 heavy (non-hydrogen) atoms.